The van der Waals surface area contributed by atoms with Crippen molar-refractivity contribution >= 4 is 0 Å². The molecular weight excluding hydrogens is 284 g/mol. The zero-order valence-electron chi connectivity index (χ0n) is 15.1. The fourth-order valence-corrected chi connectivity index (χ4v) is 0.962. The van der Waals surface area contributed by atoms with Gasteiger partial charge in [0.1, 0.15) is 5.75 Å². The Balaban J connectivity index is -0.000000107. The fourth-order valence-electron chi connectivity index (χ4n) is 0.962. The zero-order chi connectivity index (χ0) is 17.6. The highest BCUT2D eigenvalue weighted by atomic mass is 16.3. The van der Waals surface area contributed by atoms with Gasteiger partial charge in [-0.3, -0.25) is 0 Å². The van der Waals surface area contributed by atoms with Gasteiger partial charge in [-0.25, -0.2) is 0 Å². The third-order valence-corrected chi connectivity index (χ3v) is 1.90. The van der Waals surface area contributed by atoms with Crippen molar-refractivity contribution in [3.8, 4) is 5.75 Å². The summed E-state index contributed by atoms with van der Waals surface area (Å²) in [6, 6.07) is 19.0. The van der Waals surface area contributed by atoms with Crippen molar-refractivity contribution in [2.24, 2.45) is 10.2 Å². The van der Waals surface area contributed by atoms with Gasteiger partial charge in [-0.05, 0) is 19.1 Å². The van der Waals surface area contributed by atoms with Gasteiger partial charge in [-0.15, -0.1) is 0 Å². The number of hydrogen-bond acceptors (Lipinski definition) is 3. The maximum Gasteiger partial charge on any atom is 0.115 e. The summed E-state index contributed by atoms with van der Waals surface area (Å²) in [7, 11) is 3.28. The molecule has 23 heavy (non-hydrogen) atoms. The van der Waals surface area contributed by atoms with Crippen LogP contribution in [0.25, 0.3) is 0 Å². The second-order valence-electron chi connectivity index (χ2n) is 3.39. The predicted octanol–water partition coefficient (Wildman–Crippen LogP) is 6.77. The van der Waals surface area contributed by atoms with Gasteiger partial charge in [-0.1, -0.05) is 89.2 Å². The molecule has 0 saturated carbocycles. The number of para-hydroxylation sites is 1. The number of benzene rings is 2. The largest absolute Gasteiger partial charge is 0.508 e. The van der Waals surface area contributed by atoms with Crippen LogP contribution in [0, 0.1) is 6.92 Å². The monoisotopic (exact) mass is 320 g/mol. The molecule has 2 rings (SSSR count). The van der Waals surface area contributed by atoms with Crippen LogP contribution in [0.2, 0.25) is 0 Å². The van der Waals surface area contributed by atoms with Gasteiger partial charge in [0.15, 0.2) is 0 Å². The van der Waals surface area contributed by atoms with Crippen LogP contribution in [0.5, 0.6) is 5.75 Å². The molecule has 2 aromatic carbocycles. The molecule has 0 heterocycles. The molecule has 0 unspecified atom stereocenters. The van der Waals surface area contributed by atoms with Gasteiger partial charge < -0.3 is 5.11 Å². The van der Waals surface area contributed by atoms with E-state index in [-0.39, 0.29) is 7.43 Å². The molecule has 0 aliphatic carbocycles. The third kappa shape index (κ3) is 28.7. The average Bonchev–Trinajstić information content (AvgIpc) is 2.61. The molecule has 1 N–H and O–H groups in total. The lowest BCUT2D eigenvalue weighted by Crippen LogP contribution is -1.62. The Morgan fingerprint density at radius 3 is 1.09 bits per heavy atom. The third-order valence-electron chi connectivity index (χ3n) is 1.90. The highest BCUT2D eigenvalue weighted by Crippen LogP contribution is 2.02. The normalized spacial score (nSPS) is 7.43. The summed E-state index contributed by atoms with van der Waals surface area (Å²) < 4.78 is 0. The molecule has 3 nitrogen and oxygen atoms in total. The van der Waals surface area contributed by atoms with E-state index in [9.17, 15) is 0 Å². The number of aromatic hydroxyl groups is 1. The molecule has 0 fully saturated rings. The van der Waals surface area contributed by atoms with Crippen molar-refractivity contribution < 1.29 is 5.11 Å². The summed E-state index contributed by atoms with van der Waals surface area (Å²) in [4.78, 5) is 0. The minimum Gasteiger partial charge on any atom is -0.508 e. The Bertz CT molecular complexity index is 373. The first-order valence-electron chi connectivity index (χ1n) is 7.64. The van der Waals surface area contributed by atoms with E-state index in [1.165, 1.54) is 5.56 Å². The maximum atomic E-state index is 8.63. The molecule has 0 radical (unpaired) electrons. The first-order chi connectivity index (χ1) is 10.7. The molecule has 0 amide bonds. The van der Waals surface area contributed by atoms with Crippen LogP contribution in [-0.4, -0.2) is 19.2 Å². The van der Waals surface area contributed by atoms with Crippen molar-refractivity contribution in [3.05, 3.63) is 66.2 Å². The van der Waals surface area contributed by atoms with Gasteiger partial charge in [0.2, 0.25) is 0 Å². The molecular formula is C20H36N2O. The van der Waals surface area contributed by atoms with E-state index >= 15 is 0 Å². The molecule has 0 aliphatic heterocycles. The Morgan fingerprint density at radius 2 is 0.957 bits per heavy atom. The second kappa shape index (κ2) is 28.1. The first-order valence-corrected chi connectivity index (χ1v) is 7.64. The number of aryl methyl sites for hydroxylation is 1. The summed E-state index contributed by atoms with van der Waals surface area (Å²) in [5.41, 5.74) is 1.32. The van der Waals surface area contributed by atoms with Crippen molar-refractivity contribution in [2.45, 2.75) is 42.0 Å². The van der Waals surface area contributed by atoms with Crippen LogP contribution in [0.15, 0.2) is 70.9 Å². The number of phenols is 1. The fraction of sp³-hybridized carbons (Fsp3) is 0.400. The Hall–Kier alpha value is -2.16. The first kappa shape index (κ1) is 28.9. The van der Waals surface area contributed by atoms with E-state index in [0.717, 1.165) is 0 Å². The van der Waals surface area contributed by atoms with Gasteiger partial charge >= 0.3 is 0 Å². The maximum absolute atomic E-state index is 8.63. The van der Waals surface area contributed by atoms with Crippen LogP contribution < -0.4 is 0 Å². The highest BCUT2D eigenvalue weighted by molar-refractivity contribution is 5.18. The van der Waals surface area contributed by atoms with Gasteiger partial charge in [0.05, 0.1) is 0 Å². The lowest BCUT2D eigenvalue weighted by atomic mass is 10.2. The number of nitrogens with zero attached hydrogens (tertiary/aromatic N) is 2. The number of azo groups is 1. The van der Waals surface area contributed by atoms with Gasteiger partial charge in [0, 0.05) is 14.1 Å². The second-order valence-corrected chi connectivity index (χ2v) is 3.39. The van der Waals surface area contributed by atoms with Crippen molar-refractivity contribution in [2.75, 3.05) is 14.1 Å². The SMILES string of the molecule is C.CC.CC.CN=NC.Cc1ccccc1.Oc1ccccc1. The molecule has 3 heteroatoms. The summed E-state index contributed by atoms with van der Waals surface area (Å²) >= 11 is 0. The molecule has 132 valence electrons. The van der Waals surface area contributed by atoms with Crippen LogP contribution in [0.1, 0.15) is 40.7 Å². The smallest absolute Gasteiger partial charge is 0.115 e. The Labute approximate surface area is 144 Å². The van der Waals surface area contributed by atoms with Crippen LogP contribution >= 0.6 is 0 Å². The molecule has 0 bridgehead atoms. The number of phenolic OH excluding ortho intramolecular Hbond substituents is 1. The topological polar surface area (TPSA) is 45.0 Å². The van der Waals surface area contributed by atoms with Gasteiger partial charge in [0.25, 0.3) is 0 Å². The van der Waals surface area contributed by atoms with E-state index in [1.54, 1.807) is 38.4 Å². The van der Waals surface area contributed by atoms with Crippen molar-refractivity contribution in [1.82, 2.24) is 0 Å². The van der Waals surface area contributed by atoms with Crippen LogP contribution in [0.4, 0.5) is 0 Å². The van der Waals surface area contributed by atoms with Crippen molar-refractivity contribution in [3.63, 3.8) is 0 Å². The van der Waals surface area contributed by atoms with Crippen molar-refractivity contribution in [1.29, 1.82) is 0 Å². The summed E-state index contributed by atoms with van der Waals surface area (Å²) in [6.45, 7) is 10.1. The molecule has 0 aliphatic rings. The van der Waals surface area contributed by atoms with E-state index < -0.39 is 0 Å². The van der Waals surface area contributed by atoms with E-state index in [0.29, 0.717) is 5.75 Å². The lowest BCUT2D eigenvalue weighted by molar-refractivity contribution is 0.475. The number of rotatable bonds is 0. The zero-order valence-corrected chi connectivity index (χ0v) is 15.1. The summed E-state index contributed by atoms with van der Waals surface area (Å²) in [5.74, 6) is 0.322. The molecule has 0 atom stereocenters. The van der Waals surface area contributed by atoms with E-state index in [2.05, 4.69) is 29.3 Å². The van der Waals surface area contributed by atoms with Crippen LogP contribution in [0.3, 0.4) is 0 Å². The lowest BCUT2D eigenvalue weighted by Gasteiger charge is -1.82. The minimum absolute atomic E-state index is 0. The quantitative estimate of drug-likeness (QED) is 0.534. The standard InChI is InChI=1S/C7H8.C6H6O.C2H6N2.2C2H6.CH4/c1-7-5-3-2-4-6-7;7-6-4-2-1-3-5-6;1-3-4-2;2*1-2;/h2-6H,1H3;1-5,7H;1-2H3;2*1-2H3;1H4. The van der Waals surface area contributed by atoms with E-state index in [4.69, 9.17) is 5.11 Å². The molecule has 0 aromatic heterocycles. The Morgan fingerprint density at radius 1 is 0.652 bits per heavy atom. The van der Waals surface area contributed by atoms with Gasteiger partial charge in [-0.2, -0.15) is 10.2 Å². The molecule has 2 aromatic rings. The predicted molar refractivity (Wildman–Crippen MR) is 105 cm³/mol. The number of hydrogen-bond donors (Lipinski definition) is 1. The van der Waals surface area contributed by atoms with E-state index in [1.807, 2.05) is 52.0 Å². The minimum atomic E-state index is 0. The molecule has 0 saturated heterocycles. The summed E-state index contributed by atoms with van der Waals surface area (Å²) in [6.07, 6.45) is 0. The van der Waals surface area contributed by atoms with Crippen LogP contribution in [-0.2, 0) is 0 Å². The highest BCUT2D eigenvalue weighted by Gasteiger charge is 1.74. The average molecular weight is 321 g/mol. The summed E-state index contributed by atoms with van der Waals surface area (Å²) in [5, 5.41) is 15.4. The Kier molecular flexibility index (Phi) is 35.3. The molecule has 0 spiro atoms.